The lowest BCUT2D eigenvalue weighted by Crippen LogP contribution is -2.32. The van der Waals surface area contributed by atoms with Crippen molar-refractivity contribution >= 4 is 0 Å². The average Bonchev–Trinajstić information content (AvgIpc) is 2.28. The second kappa shape index (κ2) is 5.50. The van der Waals surface area contributed by atoms with Crippen molar-refractivity contribution in [2.75, 3.05) is 20.2 Å². The van der Waals surface area contributed by atoms with Gasteiger partial charge < -0.3 is 10.1 Å². The summed E-state index contributed by atoms with van der Waals surface area (Å²) in [5, 5.41) is 11.9. The fourth-order valence-corrected chi connectivity index (χ4v) is 1.73. The van der Waals surface area contributed by atoms with Crippen molar-refractivity contribution in [3.63, 3.8) is 0 Å². The molecule has 80 valence electrons. The standard InChI is InChI=1S/C12H16N2O/c1-4-10-11(9(2)7-13)5-6-15-12(10)8-14-3/h4,12,14H,1-2,5-6,8H2,3H3. The van der Waals surface area contributed by atoms with Gasteiger partial charge in [-0.1, -0.05) is 19.2 Å². The third-order valence-electron chi connectivity index (χ3n) is 2.48. The van der Waals surface area contributed by atoms with Crippen LogP contribution in [0.15, 0.2) is 36.0 Å². The molecule has 15 heavy (non-hydrogen) atoms. The van der Waals surface area contributed by atoms with Gasteiger partial charge in [0.15, 0.2) is 0 Å². The van der Waals surface area contributed by atoms with Crippen LogP contribution in [0.4, 0.5) is 0 Å². The monoisotopic (exact) mass is 204 g/mol. The molecule has 3 heteroatoms. The van der Waals surface area contributed by atoms with Gasteiger partial charge >= 0.3 is 0 Å². The van der Waals surface area contributed by atoms with Crippen molar-refractivity contribution in [1.29, 1.82) is 5.26 Å². The molecule has 1 rings (SSSR count). The number of nitrogens with zero attached hydrogens (tertiary/aromatic N) is 1. The van der Waals surface area contributed by atoms with Gasteiger partial charge in [-0.25, -0.2) is 0 Å². The lowest BCUT2D eigenvalue weighted by atomic mass is 9.93. The Morgan fingerprint density at radius 3 is 3.07 bits per heavy atom. The molecule has 1 unspecified atom stereocenters. The first kappa shape index (κ1) is 11.7. The summed E-state index contributed by atoms with van der Waals surface area (Å²) in [5.41, 5.74) is 2.50. The molecule has 0 saturated carbocycles. The van der Waals surface area contributed by atoms with Crippen LogP contribution < -0.4 is 5.32 Å². The SMILES string of the molecule is C=CC1=C(C(=C)C#N)CCOC1CNC. The predicted octanol–water partition coefficient (Wildman–Crippen LogP) is 1.56. The van der Waals surface area contributed by atoms with Crippen molar-refractivity contribution < 1.29 is 4.74 Å². The van der Waals surface area contributed by atoms with Crippen LogP contribution in [-0.4, -0.2) is 26.3 Å². The van der Waals surface area contributed by atoms with Crippen molar-refractivity contribution in [3.05, 3.63) is 36.0 Å². The van der Waals surface area contributed by atoms with Crippen LogP contribution in [0.1, 0.15) is 6.42 Å². The number of hydrogen-bond donors (Lipinski definition) is 1. The molecule has 1 heterocycles. The molecule has 1 atom stereocenters. The minimum Gasteiger partial charge on any atom is -0.372 e. The lowest BCUT2D eigenvalue weighted by Gasteiger charge is -2.27. The van der Waals surface area contributed by atoms with Crippen molar-refractivity contribution in [3.8, 4) is 6.07 Å². The number of nitrogens with one attached hydrogen (secondary N) is 1. The summed E-state index contributed by atoms with van der Waals surface area (Å²) in [5.74, 6) is 0. The largest absolute Gasteiger partial charge is 0.372 e. The Balaban J connectivity index is 3.01. The lowest BCUT2D eigenvalue weighted by molar-refractivity contribution is 0.0721. The van der Waals surface area contributed by atoms with Crippen molar-refractivity contribution in [2.24, 2.45) is 0 Å². The Morgan fingerprint density at radius 1 is 1.80 bits per heavy atom. The summed E-state index contributed by atoms with van der Waals surface area (Å²) in [6, 6.07) is 2.09. The molecule has 0 amide bonds. The van der Waals surface area contributed by atoms with Crippen molar-refractivity contribution in [1.82, 2.24) is 5.32 Å². The Labute approximate surface area is 90.7 Å². The van der Waals surface area contributed by atoms with Crippen LogP contribution >= 0.6 is 0 Å². The predicted molar refractivity (Wildman–Crippen MR) is 60.3 cm³/mol. The topological polar surface area (TPSA) is 45.0 Å². The van der Waals surface area contributed by atoms with Gasteiger partial charge in [-0.2, -0.15) is 5.26 Å². The van der Waals surface area contributed by atoms with E-state index in [2.05, 4.69) is 24.5 Å². The van der Waals surface area contributed by atoms with E-state index < -0.39 is 0 Å². The van der Waals surface area contributed by atoms with Gasteiger partial charge in [0.2, 0.25) is 0 Å². The molecule has 3 nitrogen and oxygen atoms in total. The third kappa shape index (κ3) is 2.56. The maximum Gasteiger partial charge on any atom is 0.0988 e. The fourth-order valence-electron chi connectivity index (χ4n) is 1.73. The molecule has 0 bridgehead atoms. The Bertz CT molecular complexity index is 336. The molecule has 1 N–H and O–H groups in total. The molecule has 0 aliphatic carbocycles. The number of likely N-dealkylation sites (N-methyl/N-ethyl adjacent to an activating group) is 1. The van der Waals surface area contributed by atoms with Gasteiger partial charge in [0.1, 0.15) is 0 Å². The van der Waals surface area contributed by atoms with E-state index in [-0.39, 0.29) is 6.10 Å². The van der Waals surface area contributed by atoms with Gasteiger partial charge in [0, 0.05) is 12.1 Å². The molecule has 0 radical (unpaired) electrons. The molecular weight excluding hydrogens is 188 g/mol. The highest BCUT2D eigenvalue weighted by Crippen LogP contribution is 2.26. The molecular formula is C12H16N2O. The third-order valence-corrected chi connectivity index (χ3v) is 2.48. The van der Waals surface area contributed by atoms with Crippen LogP contribution in [0.25, 0.3) is 0 Å². The summed E-state index contributed by atoms with van der Waals surface area (Å²) in [6.07, 6.45) is 2.49. The molecule has 1 aliphatic rings. The molecule has 0 aromatic carbocycles. The minimum absolute atomic E-state index is 0.0126. The summed E-state index contributed by atoms with van der Waals surface area (Å²) in [7, 11) is 1.87. The van der Waals surface area contributed by atoms with E-state index in [1.165, 1.54) is 0 Å². The minimum atomic E-state index is -0.0126. The van der Waals surface area contributed by atoms with E-state index in [1.54, 1.807) is 6.08 Å². The van der Waals surface area contributed by atoms with E-state index in [9.17, 15) is 0 Å². The van der Waals surface area contributed by atoms with Gasteiger partial charge in [-0.05, 0) is 24.6 Å². The van der Waals surface area contributed by atoms with Gasteiger partial charge in [0.05, 0.1) is 18.8 Å². The highest BCUT2D eigenvalue weighted by Gasteiger charge is 2.22. The first-order valence-corrected chi connectivity index (χ1v) is 4.95. The maximum atomic E-state index is 8.84. The first-order chi connectivity index (χ1) is 7.24. The molecule has 0 aromatic heterocycles. The highest BCUT2D eigenvalue weighted by atomic mass is 16.5. The van der Waals surface area contributed by atoms with Crippen LogP contribution in [0.2, 0.25) is 0 Å². The number of allylic oxidation sites excluding steroid dienone is 1. The molecule has 0 saturated heterocycles. The summed E-state index contributed by atoms with van der Waals surface area (Å²) >= 11 is 0. The Hall–Kier alpha value is -1.37. The first-order valence-electron chi connectivity index (χ1n) is 4.95. The zero-order valence-corrected chi connectivity index (χ0v) is 9.05. The number of rotatable bonds is 4. The normalized spacial score (nSPS) is 20.9. The Morgan fingerprint density at radius 2 is 2.53 bits per heavy atom. The van der Waals surface area contributed by atoms with E-state index in [4.69, 9.17) is 10.00 Å². The zero-order valence-electron chi connectivity index (χ0n) is 9.05. The van der Waals surface area contributed by atoms with E-state index in [0.29, 0.717) is 12.2 Å². The van der Waals surface area contributed by atoms with Crippen LogP contribution in [0.3, 0.4) is 0 Å². The van der Waals surface area contributed by atoms with Crippen LogP contribution in [0, 0.1) is 11.3 Å². The fraction of sp³-hybridized carbons (Fsp3) is 0.417. The van der Waals surface area contributed by atoms with Crippen molar-refractivity contribution in [2.45, 2.75) is 12.5 Å². The highest BCUT2D eigenvalue weighted by molar-refractivity contribution is 5.47. The molecule has 1 aliphatic heterocycles. The summed E-state index contributed by atoms with van der Waals surface area (Å²) < 4.78 is 5.60. The summed E-state index contributed by atoms with van der Waals surface area (Å²) in [4.78, 5) is 0. The van der Waals surface area contributed by atoms with E-state index in [1.807, 2.05) is 7.05 Å². The van der Waals surface area contributed by atoms with Gasteiger partial charge in [0.25, 0.3) is 0 Å². The second-order valence-electron chi connectivity index (χ2n) is 3.40. The summed E-state index contributed by atoms with van der Waals surface area (Å²) in [6.45, 7) is 8.88. The van der Waals surface area contributed by atoms with Gasteiger partial charge in [-0.15, -0.1) is 0 Å². The smallest absolute Gasteiger partial charge is 0.0988 e. The van der Waals surface area contributed by atoms with Crippen LogP contribution in [-0.2, 0) is 4.74 Å². The second-order valence-corrected chi connectivity index (χ2v) is 3.40. The van der Waals surface area contributed by atoms with Gasteiger partial charge in [-0.3, -0.25) is 0 Å². The van der Waals surface area contributed by atoms with E-state index >= 15 is 0 Å². The quantitative estimate of drug-likeness (QED) is 0.707. The maximum absolute atomic E-state index is 8.84. The Kier molecular flexibility index (Phi) is 4.29. The average molecular weight is 204 g/mol. The molecule has 0 aromatic rings. The number of nitriles is 1. The molecule has 0 fully saturated rings. The zero-order chi connectivity index (χ0) is 11.3. The number of hydrogen-bond acceptors (Lipinski definition) is 3. The van der Waals surface area contributed by atoms with Crippen LogP contribution in [0.5, 0.6) is 0 Å². The number of ether oxygens (including phenoxy) is 1. The van der Waals surface area contributed by atoms with E-state index in [0.717, 1.165) is 24.1 Å². The molecule has 0 spiro atoms.